The molecule has 14 nitrogen and oxygen atoms in total. The van der Waals surface area contributed by atoms with Crippen LogP contribution >= 0.6 is 109 Å². The normalized spacial score (nSPS) is 10.8. The summed E-state index contributed by atoms with van der Waals surface area (Å²) in [5.41, 5.74) is 11.8. The van der Waals surface area contributed by atoms with Crippen LogP contribution < -0.4 is 14.2 Å². The number of methoxy groups -OCH3 is 1. The number of ether oxygens (including phenoxy) is 4. The lowest BCUT2D eigenvalue weighted by Gasteiger charge is -2.17. The fourth-order valence-corrected chi connectivity index (χ4v) is 11.4. The first-order chi connectivity index (χ1) is 48.9. The minimum Gasteiger partial charge on any atom is -0.506 e. The highest BCUT2D eigenvalue weighted by Gasteiger charge is 2.20. The third kappa shape index (κ3) is 23.0. The molecule has 23 heteroatoms. The van der Waals surface area contributed by atoms with E-state index < -0.39 is 5.97 Å². The molecule has 0 saturated heterocycles. The van der Waals surface area contributed by atoms with Gasteiger partial charge >= 0.3 is 5.97 Å². The van der Waals surface area contributed by atoms with Gasteiger partial charge in [-0.25, -0.2) is 19.7 Å². The van der Waals surface area contributed by atoms with Crippen molar-refractivity contribution < 1.29 is 38.7 Å². The maximum atomic E-state index is 10.6. The number of carbonyl (C=O) groups is 2. The molecule has 0 spiro atoms. The number of rotatable bonds is 17. The summed E-state index contributed by atoms with van der Waals surface area (Å²) < 4.78 is 23.0. The Morgan fingerprint density at radius 1 is 0.495 bits per heavy atom. The number of carbonyl (C=O) groups excluding carboxylic acids is 1. The van der Waals surface area contributed by atoms with Gasteiger partial charge in [-0.15, -0.1) is 0 Å². The molecule has 0 bridgehead atoms. The number of phenols is 1. The number of carboxylic acid groups (broad SMARTS) is 1. The van der Waals surface area contributed by atoms with Gasteiger partial charge in [-0.1, -0.05) is 169 Å². The lowest BCUT2D eigenvalue weighted by Crippen LogP contribution is -2.03. The predicted molar refractivity (Wildman–Crippen MR) is 411 cm³/mol. The van der Waals surface area contributed by atoms with Crippen LogP contribution in [-0.2, 0) is 36.3 Å². The Morgan fingerprint density at radius 3 is 1.47 bits per heavy atom. The summed E-state index contributed by atoms with van der Waals surface area (Å²) in [5.74, 6) is 0.669. The second-order valence-corrected chi connectivity index (χ2v) is 25.7. The SMILES string of the molecule is COC(c1ccc(OCc2ccc(Cl)cc2)c(Cl)c1)c1c[nH]c2ncccc12.Clc1ccc(CBr)cc1.Clc1ccc(COc2ccc(Cc3c[nH]c4ncccc34)cc2Cl)cc1.O=C(O)c1ccc(O)c(Cl)c1.O=Cc1ccc(OCc2ccc(Cl)cc2)c(Cl)c1.c1cnc2[nH]ccc2c1. The first-order valence-corrected chi connectivity index (χ1v) is 34.8. The van der Waals surface area contributed by atoms with Gasteiger partial charge in [0.05, 0.1) is 25.7 Å². The molecular weight excluding hydrogens is 1510 g/mol. The van der Waals surface area contributed by atoms with Crippen LogP contribution in [-0.4, -0.2) is 59.5 Å². The maximum Gasteiger partial charge on any atom is 0.335 e. The van der Waals surface area contributed by atoms with Crippen molar-refractivity contribution in [1.82, 2.24) is 29.9 Å². The summed E-state index contributed by atoms with van der Waals surface area (Å²) in [6, 6.07) is 64.4. The molecule has 514 valence electrons. The molecule has 1 unspecified atom stereocenters. The summed E-state index contributed by atoms with van der Waals surface area (Å²) in [6.07, 6.45) is 12.4. The van der Waals surface area contributed by atoms with Crippen LogP contribution in [0.15, 0.2) is 250 Å². The van der Waals surface area contributed by atoms with E-state index in [9.17, 15) is 9.59 Å². The van der Waals surface area contributed by atoms with Crippen molar-refractivity contribution in [2.75, 3.05) is 7.11 Å². The number of hydrogen-bond acceptors (Lipinski definition) is 10. The minimum atomic E-state index is -1.06. The molecule has 6 aromatic heterocycles. The number of alkyl halides is 1. The van der Waals surface area contributed by atoms with E-state index in [2.05, 4.69) is 51.9 Å². The van der Waals surface area contributed by atoms with Gasteiger partial charge in [-0.3, -0.25) is 4.79 Å². The zero-order valence-electron chi connectivity index (χ0n) is 53.4. The molecule has 14 rings (SSSR count). The van der Waals surface area contributed by atoms with E-state index in [0.717, 1.165) is 89.5 Å². The molecule has 1 atom stereocenters. The van der Waals surface area contributed by atoms with Gasteiger partial charge in [0.15, 0.2) is 0 Å². The zero-order valence-corrected chi connectivity index (χ0v) is 61.1. The number of pyridine rings is 3. The number of aromatic hydroxyl groups is 1. The van der Waals surface area contributed by atoms with Gasteiger partial charge in [0.2, 0.25) is 0 Å². The highest BCUT2D eigenvalue weighted by Crippen LogP contribution is 2.36. The van der Waals surface area contributed by atoms with Crippen molar-refractivity contribution in [1.29, 1.82) is 0 Å². The molecule has 0 aliphatic carbocycles. The smallest absolute Gasteiger partial charge is 0.335 e. The molecule has 6 heterocycles. The highest BCUT2D eigenvalue weighted by atomic mass is 79.9. The van der Waals surface area contributed by atoms with Gasteiger partial charge in [0.25, 0.3) is 0 Å². The number of phenolic OH excluding ortho intramolecular Hbond substituents is 1. The number of halogens is 9. The number of benzene rings is 8. The number of aromatic nitrogens is 6. The summed E-state index contributed by atoms with van der Waals surface area (Å²) in [6.45, 7) is 1.26. The van der Waals surface area contributed by atoms with Crippen LogP contribution in [0, 0.1) is 0 Å². The Bertz CT molecular complexity index is 4960. The maximum absolute atomic E-state index is 10.6. The number of hydrogen-bond donors (Lipinski definition) is 5. The lowest BCUT2D eigenvalue weighted by molar-refractivity contribution is 0.0696. The zero-order chi connectivity index (χ0) is 71.6. The number of nitrogens with one attached hydrogen (secondary N) is 3. The van der Waals surface area contributed by atoms with Gasteiger partial charge in [-0.2, -0.15) is 0 Å². The van der Waals surface area contributed by atoms with Crippen LogP contribution in [0.2, 0.25) is 40.2 Å². The highest BCUT2D eigenvalue weighted by molar-refractivity contribution is 9.08. The van der Waals surface area contributed by atoms with Crippen molar-refractivity contribution in [3.05, 3.63) is 345 Å². The Morgan fingerprint density at radius 2 is 0.970 bits per heavy atom. The van der Waals surface area contributed by atoms with E-state index in [0.29, 0.717) is 72.8 Å². The van der Waals surface area contributed by atoms with E-state index in [1.165, 1.54) is 29.3 Å². The van der Waals surface area contributed by atoms with Crippen molar-refractivity contribution in [3.8, 4) is 23.0 Å². The topological polar surface area (TPSA) is 198 Å². The molecule has 0 radical (unpaired) electrons. The van der Waals surface area contributed by atoms with Gasteiger partial charge in [-0.05, 0) is 197 Å². The average Bonchev–Trinajstić information content (AvgIpc) is 1.70. The fraction of sp³-hybridized carbons (Fsp3) is 0.0897. The second kappa shape index (κ2) is 38.7. The van der Waals surface area contributed by atoms with E-state index in [4.69, 9.17) is 122 Å². The van der Waals surface area contributed by atoms with E-state index >= 15 is 0 Å². The molecule has 0 aliphatic rings. The summed E-state index contributed by atoms with van der Waals surface area (Å²) >= 11 is 50.9. The second-order valence-electron chi connectivity index (χ2n) is 21.8. The molecule has 0 saturated carbocycles. The standard InChI is InChI=1S/C22H18Cl2N2O2.C21H16Cl2N2O.C14H10Cl2O2.C7H6BrCl.C7H5ClO3.C7H6N2/c1-27-21(18-12-26-22-17(18)3-2-10-25-22)15-6-9-20(19(24)11-15)28-13-14-4-7-16(23)8-5-14;22-17-6-3-14(4-7-17)13-26-20-8-5-15(11-19(20)23)10-16-12-25-21-18(16)2-1-9-24-21;15-12-4-1-10(2-5-12)9-18-14-6-3-11(8-17)7-13(14)16;8-5-6-1-3-7(9)4-2-6;8-5-3-4(7(10)11)1-2-6(5)9;1-2-6-3-5-9-7(6)8-4-1/h2-12,21H,13H2,1H3,(H,25,26);1-9,11-12H,10,13H2,(H,24,25);1-8H,9H2;1-4H,5H2;1-3,9H,(H,10,11);1-5H,(H,8,9). The van der Waals surface area contributed by atoms with Crippen LogP contribution in [0.25, 0.3) is 33.1 Å². The van der Waals surface area contributed by atoms with Crippen LogP contribution in [0.1, 0.15) is 71.3 Å². The van der Waals surface area contributed by atoms with Gasteiger partial charge in [0.1, 0.15) is 72.2 Å². The third-order valence-corrected chi connectivity index (χ3v) is 17.6. The van der Waals surface area contributed by atoms with Crippen LogP contribution in [0.3, 0.4) is 0 Å². The Labute approximate surface area is 630 Å². The summed E-state index contributed by atoms with van der Waals surface area (Å²) in [5, 5.41) is 26.1. The molecule has 0 amide bonds. The predicted octanol–water partition coefficient (Wildman–Crippen LogP) is 23.2. The molecule has 5 N–H and O–H groups in total. The van der Waals surface area contributed by atoms with E-state index in [1.54, 1.807) is 56.0 Å². The van der Waals surface area contributed by atoms with Gasteiger partial charge < -0.3 is 44.1 Å². The van der Waals surface area contributed by atoms with Crippen molar-refractivity contribution in [2.24, 2.45) is 0 Å². The molecule has 14 aromatic rings. The number of aromatic carboxylic acids is 1. The van der Waals surface area contributed by atoms with Crippen LogP contribution in [0.5, 0.6) is 23.0 Å². The Hall–Kier alpha value is -9.07. The summed E-state index contributed by atoms with van der Waals surface area (Å²) in [7, 11) is 1.68. The van der Waals surface area contributed by atoms with E-state index in [-0.39, 0.29) is 22.4 Å². The fourth-order valence-electron chi connectivity index (χ4n) is 9.61. The largest absolute Gasteiger partial charge is 0.506 e. The summed E-state index contributed by atoms with van der Waals surface area (Å²) in [4.78, 5) is 43.0. The number of fused-ring (bicyclic) bond motifs is 3. The number of aromatic amines is 3. The first kappa shape index (κ1) is 76.1. The number of carboxylic acids is 1. The number of aldehydes is 1. The Balaban J connectivity index is 0.000000149. The van der Waals surface area contributed by atoms with Gasteiger partial charge in [0, 0.05) is 97.0 Å². The minimum absolute atomic E-state index is 0.0462. The molecular formula is C78H61BrCl8N6O8. The van der Waals surface area contributed by atoms with Crippen LogP contribution in [0.4, 0.5) is 0 Å². The molecule has 101 heavy (non-hydrogen) atoms. The molecule has 0 aliphatic heterocycles. The molecule has 8 aromatic carbocycles. The van der Waals surface area contributed by atoms with Crippen molar-refractivity contribution >= 4 is 154 Å². The molecule has 0 fully saturated rings. The number of H-pyrrole nitrogens is 3. The van der Waals surface area contributed by atoms with Crippen molar-refractivity contribution in [3.63, 3.8) is 0 Å². The van der Waals surface area contributed by atoms with E-state index in [1.807, 2.05) is 176 Å². The quantitative estimate of drug-likeness (QED) is 0.0430. The Kier molecular flexibility index (Phi) is 29.1. The number of nitrogens with zero attached hydrogens (tertiary/aromatic N) is 3. The lowest BCUT2D eigenvalue weighted by atomic mass is 10.0. The third-order valence-electron chi connectivity index (χ3n) is 14.8. The first-order valence-electron chi connectivity index (χ1n) is 30.6. The monoisotopic (exact) mass is 1570 g/mol. The average molecular weight is 1570 g/mol. The van der Waals surface area contributed by atoms with Crippen molar-refractivity contribution in [2.45, 2.75) is 37.7 Å².